The molecule has 0 spiro atoms. The van der Waals surface area contributed by atoms with E-state index < -0.39 is 16.1 Å². The zero-order valence-electron chi connectivity index (χ0n) is 12.0. The molecule has 0 amide bonds. The number of aryl methyl sites for hydroxylation is 1. The van der Waals surface area contributed by atoms with Gasteiger partial charge in [-0.15, -0.1) is 0 Å². The second-order valence-corrected chi connectivity index (χ2v) is 7.32. The molecule has 1 aliphatic rings. The molecule has 1 aromatic carbocycles. The molecule has 0 saturated carbocycles. The Hall–Kier alpha value is -0.950. The fraction of sp³-hybridized carbons (Fsp3) is 0.571. The molecular weight excluding hydrogens is 276 g/mol. The third-order valence-electron chi connectivity index (χ3n) is 3.78. The lowest BCUT2D eigenvalue weighted by Gasteiger charge is -2.34. The van der Waals surface area contributed by atoms with Gasteiger partial charge in [0, 0.05) is 32.7 Å². The van der Waals surface area contributed by atoms with E-state index >= 15 is 0 Å². The Bertz CT molecular complexity index is 551. The lowest BCUT2D eigenvalue weighted by molar-refractivity contribution is 0.0919. The molecule has 0 aliphatic carbocycles. The zero-order chi connectivity index (χ0) is 14.8. The first-order valence-electron chi connectivity index (χ1n) is 6.79. The van der Waals surface area contributed by atoms with Gasteiger partial charge in [-0.05, 0) is 18.1 Å². The molecule has 1 N–H and O–H groups in total. The summed E-state index contributed by atoms with van der Waals surface area (Å²) in [6.07, 6.45) is 0.714. The van der Waals surface area contributed by atoms with Crippen LogP contribution in [0.2, 0.25) is 0 Å². The van der Waals surface area contributed by atoms with E-state index in [2.05, 4.69) is 4.90 Å². The normalized spacial score (nSPS) is 19.9. The number of hydrogen-bond acceptors (Lipinski definition) is 4. The van der Waals surface area contributed by atoms with Crippen molar-refractivity contribution in [2.75, 3.05) is 39.0 Å². The summed E-state index contributed by atoms with van der Waals surface area (Å²) in [4.78, 5) is 2.11. The summed E-state index contributed by atoms with van der Waals surface area (Å²) in [5.41, 5.74) is 2.02. The zero-order valence-corrected chi connectivity index (χ0v) is 12.8. The monoisotopic (exact) mass is 298 g/mol. The van der Waals surface area contributed by atoms with E-state index in [1.54, 1.807) is 0 Å². The van der Waals surface area contributed by atoms with Gasteiger partial charge in [-0.1, -0.05) is 24.3 Å². The van der Waals surface area contributed by atoms with Crippen molar-refractivity contribution in [1.29, 1.82) is 0 Å². The number of aliphatic hydroxyl groups excluding tert-OH is 1. The highest BCUT2D eigenvalue weighted by atomic mass is 32.2. The van der Waals surface area contributed by atoms with Crippen molar-refractivity contribution in [2.24, 2.45) is 0 Å². The minimum absolute atomic E-state index is 0.499. The SMILES string of the molecule is Cc1ccccc1C(O)CN1CCN(S(C)(=O)=O)CC1. The highest BCUT2D eigenvalue weighted by Crippen LogP contribution is 2.19. The van der Waals surface area contributed by atoms with Crippen molar-refractivity contribution in [3.05, 3.63) is 35.4 Å². The number of rotatable bonds is 4. The molecule has 1 unspecified atom stereocenters. The molecule has 112 valence electrons. The first kappa shape index (κ1) is 15.4. The molecule has 2 rings (SSSR count). The van der Waals surface area contributed by atoms with E-state index in [4.69, 9.17) is 0 Å². The molecule has 1 aliphatic heterocycles. The molecule has 20 heavy (non-hydrogen) atoms. The van der Waals surface area contributed by atoms with Gasteiger partial charge in [0.2, 0.25) is 10.0 Å². The number of β-amino-alcohol motifs (C(OH)–C–C–N with tert-alkyl or cyclic N) is 1. The van der Waals surface area contributed by atoms with Crippen molar-refractivity contribution in [3.63, 3.8) is 0 Å². The van der Waals surface area contributed by atoms with Crippen molar-refractivity contribution >= 4 is 10.0 Å². The largest absolute Gasteiger partial charge is 0.387 e. The van der Waals surface area contributed by atoms with Gasteiger partial charge in [0.1, 0.15) is 0 Å². The summed E-state index contributed by atoms with van der Waals surface area (Å²) in [7, 11) is -3.09. The van der Waals surface area contributed by atoms with Crippen LogP contribution in [-0.2, 0) is 10.0 Å². The van der Waals surface area contributed by atoms with Crippen molar-refractivity contribution < 1.29 is 13.5 Å². The van der Waals surface area contributed by atoms with Gasteiger partial charge < -0.3 is 5.11 Å². The Morgan fingerprint density at radius 1 is 1.20 bits per heavy atom. The lowest BCUT2D eigenvalue weighted by atomic mass is 10.0. The Labute approximate surface area is 120 Å². The summed E-state index contributed by atoms with van der Waals surface area (Å²) < 4.78 is 24.4. The van der Waals surface area contributed by atoms with Crippen LogP contribution < -0.4 is 0 Å². The summed E-state index contributed by atoms with van der Waals surface area (Å²) >= 11 is 0. The first-order chi connectivity index (χ1) is 9.38. The van der Waals surface area contributed by atoms with Crippen LogP contribution in [-0.4, -0.2) is 61.7 Å². The number of aliphatic hydroxyl groups is 1. The molecule has 1 saturated heterocycles. The molecular formula is C14H22N2O3S. The summed E-state index contributed by atoms with van der Waals surface area (Å²) in [6.45, 7) is 4.85. The highest BCUT2D eigenvalue weighted by molar-refractivity contribution is 7.88. The van der Waals surface area contributed by atoms with E-state index in [1.807, 2.05) is 31.2 Å². The van der Waals surface area contributed by atoms with E-state index in [1.165, 1.54) is 10.6 Å². The van der Waals surface area contributed by atoms with E-state index in [9.17, 15) is 13.5 Å². The predicted molar refractivity (Wildman–Crippen MR) is 79.0 cm³/mol. The Kier molecular flexibility index (Phi) is 4.80. The second kappa shape index (κ2) is 6.22. The number of sulfonamides is 1. The second-order valence-electron chi connectivity index (χ2n) is 5.34. The molecule has 1 aromatic rings. The van der Waals surface area contributed by atoms with E-state index in [-0.39, 0.29) is 0 Å². The van der Waals surface area contributed by atoms with Gasteiger partial charge in [-0.25, -0.2) is 8.42 Å². The van der Waals surface area contributed by atoms with Crippen LogP contribution in [0.1, 0.15) is 17.2 Å². The Morgan fingerprint density at radius 2 is 1.80 bits per heavy atom. The third kappa shape index (κ3) is 3.79. The molecule has 0 bridgehead atoms. The average molecular weight is 298 g/mol. The van der Waals surface area contributed by atoms with Gasteiger partial charge in [0.15, 0.2) is 0 Å². The average Bonchev–Trinajstić information content (AvgIpc) is 2.38. The molecule has 0 aromatic heterocycles. The van der Waals surface area contributed by atoms with Crippen LogP contribution in [0.15, 0.2) is 24.3 Å². The maximum atomic E-state index is 11.4. The molecule has 1 fully saturated rings. The van der Waals surface area contributed by atoms with Crippen molar-refractivity contribution in [1.82, 2.24) is 9.21 Å². The van der Waals surface area contributed by atoms with Gasteiger partial charge >= 0.3 is 0 Å². The number of piperazine rings is 1. The van der Waals surface area contributed by atoms with E-state index in [0.717, 1.165) is 11.1 Å². The molecule has 1 atom stereocenters. The van der Waals surface area contributed by atoms with Crippen LogP contribution in [0.5, 0.6) is 0 Å². The molecule has 0 radical (unpaired) electrons. The summed E-state index contributed by atoms with van der Waals surface area (Å²) in [5.74, 6) is 0. The maximum Gasteiger partial charge on any atom is 0.211 e. The highest BCUT2D eigenvalue weighted by Gasteiger charge is 2.24. The molecule has 5 nitrogen and oxygen atoms in total. The number of benzene rings is 1. The molecule has 6 heteroatoms. The first-order valence-corrected chi connectivity index (χ1v) is 8.64. The standard InChI is InChI=1S/C14H22N2O3S/c1-12-5-3-4-6-13(12)14(17)11-15-7-9-16(10-8-15)20(2,18)19/h3-6,14,17H,7-11H2,1-2H3. The minimum atomic E-state index is -3.09. The van der Waals surface area contributed by atoms with Crippen LogP contribution in [0.25, 0.3) is 0 Å². The van der Waals surface area contributed by atoms with Crippen molar-refractivity contribution in [3.8, 4) is 0 Å². The maximum absolute atomic E-state index is 11.4. The lowest BCUT2D eigenvalue weighted by Crippen LogP contribution is -2.49. The number of hydrogen-bond donors (Lipinski definition) is 1. The van der Waals surface area contributed by atoms with Crippen molar-refractivity contribution in [2.45, 2.75) is 13.0 Å². The Morgan fingerprint density at radius 3 is 2.35 bits per heavy atom. The van der Waals surface area contributed by atoms with Gasteiger partial charge in [0.25, 0.3) is 0 Å². The Balaban J connectivity index is 1.91. The fourth-order valence-corrected chi connectivity index (χ4v) is 3.37. The topological polar surface area (TPSA) is 60.9 Å². The minimum Gasteiger partial charge on any atom is -0.387 e. The predicted octanol–water partition coefficient (Wildman–Crippen LogP) is 0.606. The van der Waals surface area contributed by atoms with Gasteiger partial charge in [0.05, 0.1) is 12.4 Å². The van der Waals surface area contributed by atoms with E-state index in [0.29, 0.717) is 32.7 Å². The smallest absolute Gasteiger partial charge is 0.211 e. The summed E-state index contributed by atoms with van der Waals surface area (Å²) in [5, 5.41) is 10.3. The molecule has 1 heterocycles. The van der Waals surface area contributed by atoms with Crippen LogP contribution >= 0.6 is 0 Å². The van der Waals surface area contributed by atoms with Gasteiger partial charge in [-0.2, -0.15) is 4.31 Å². The summed E-state index contributed by atoms with van der Waals surface area (Å²) in [6, 6.07) is 7.80. The van der Waals surface area contributed by atoms with Crippen LogP contribution in [0, 0.1) is 6.92 Å². The number of nitrogens with zero attached hydrogens (tertiary/aromatic N) is 2. The van der Waals surface area contributed by atoms with Crippen LogP contribution in [0.4, 0.5) is 0 Å². The van der Waals surface area contributed by atoms with Gasteiger partial charge in [-0.3, -0.25) is 4.90 Å². The third-order valence-corrected chi connectivity index (χ3v) is 5.08. The quantitative estimate of drug-likeness (QED) is 0.884. The fourth-order valence-electron chi connectivity index (χ4n) is 2.55. The van der Waals surface area contributed by atoms with Crippen LogP contribution in [0.3, 0.4) is 0 Å².